The van der Waals surface area contributed by atoms with E-state index in [9.17, 15) is 12.8 Å². The van der Waals surface area contributed by atoms with E-state index in [1.807, 2.05) is 6.92 Å². The van der Waals surface area contributed by atoms with Crippen LogP contribution in [0.5, 0.6) is 0 Å². The van der Waals surface area contributed by atoms with Crippen LogP contribution in [0.15, 0.2) is 17.0 Å². The molecule has 0 aliphatic rings. The van der Waals surface area contributed by atoms with E-state index in [1.54, 1.807) is 6.92 Å². The van der Waals surface area contributed by atoms with Gasteiger partial charge in [0.2, 0.25) is 10.0 Å². The van der Waals surface area contributed by atoms with Crippen LogP contribution >= 0.6 is 39.1 Å². The predicted molar refractivity (Wildman–Crippen MR) is 79.2 cm³/mol. The van der Waals surface area contributed by atoms with Gasteiger partial charge in [-0.2, -0.15) is 0 Å². The van der Waals surface area contributed by atoms with Gasteiger partial charge in [-0.3, -0.25) is 0 Å². The maximum atomic E-state index is 13.5. The summed E-state index contributed by atoms with van der Waals surface area (Å²) in [6.45, 7) is 3.62. The molecule has 2 unspecified atom stereocenters. The topological polar surface area (TPSA) is 46.2 Å². The van der Waals surface area contributed by atoms with Crippen LogP contribution in [0.25, 0.3) is 0 Å². The lowest BCUT2D eigenvalue weighted by Gasteiger charge is -2.16. The van der Waals surface area contributed by atoms with E-state index >= 15 is 0 Å². The Morgan fingerprint density at radius 2 is 1.95 bits per heavy atom. The van der Waals surface area contributed by atoms with Gasteiger partial charge in [0, 0.05) is 10.9 Å². The molecule has 0 amide bonds. The van der Waals surface area contributed by atoms with Gasteiger partial charge in [-0.05, 0) is 25.5 Å². The smallest absolute Gasteiger partial charge is 0.208 e. The second-order valence-corrected chi connectivity index (χ2v) is 8.24. The first-order chi connectivity index (χ1) is 8.65. The third-order valence-corrected chi connectivity index (χ3v) is 5.10. The molecule has 108 valence electrons. The molecule has 0 aliphatic carbocycles. The number of halogens is 4. The van der Waals surface area contributed by atoms with Crippen molar-refractivity contribution in [2.24, 2.45) is 0 Å². The molecule has 1 aromatic carbocycles. The zero-order valence-electron chi connectivity index (χ0n) is 10.3. The Hall–Kier alpha value is 0.120. The normalized spacial score (nSPS) is 15.3. The molecule has 0 aromatic heterocycles. The van der Waals surface area contributed by atoms with Gasteiger partial charge < -0.3 is 0 Å². The van der Waals surface area contributed by atoms with Crippen LogP contribution in [0.2, 0.25) is 10.0 Å². The monoisotopic (exact) mass is 391 g/mol. The van der Waals surface area contributed by atoms with E-state index in [0.717, 1.165) is 6.07 Å². The third kappa shape index (κ3) is 4.56. The van der Waals surface area contributed by atoms with Crippen LogP contribution < -0.4 is 4.72 Å². The van der Waals surface area contributed by atoms with E-state index in [1.165, 1.54) is 6.07 Å². The van der Waals surface area contributed by atoms with Gasteiger partial charge in [0.1, 0.15) is 4.90 Å². The molecule has 1 rings (SSSR count). The average molecular weight is 393 g/mol. The summed E-state index contributed by atoms with van der Waals surface area (Å²) in [6, 6.07) is 2.03. The van der Waals surface area contributed by atoms with Crippen molar-refractivity contribution in [3.05, 3.63) is 28.0 Å². The number of sulfonamides is 1. The summed E-state index contributed by atoms with van der Waals surface area (Å²) in [5.74, 6) is -0.937. The fourth-order valence-electron chi connectivity index (χ4n) is 1.58. The highest BCUT2D eigenvalue weighted by Gasteiger charge is 2.24. The SMILES string of the molecule is CC(Br)CC(C)NS(=O)(=O)c1ccc(Cl)c(F)c1Cl. The fraction of sp³-hybridized carbons (Fsp3) is 0.455. The first-order valence-corrected chi connectivity index (χ1v) is 8.60. The van der Waals surface area contributed by atoms with E-state index < -0.39 is 20.9 Å². The van der Waals surface area contributed by atoms with Crippen LogP contribution in [-0.2, 0) is 10.0 Å². The lowest BCUT2D eigenvalue weighted by atomic mass is 10.2. The minimum atomic E-state index is -3.88. The molecular formula is C11H13BrCl2FNO2S. The molecule has 2 atom stereocenters. The van der Waals surface area contributed by atoms with E-state index in [0.29, 0.717) is 6.42 Å². The highest BCUT2D eigenvalue weighted by atomic mass is 79.9. The van der Waals surface area contributed by atoms with Gasteiger partial charge >= 0.3 is 0 Å². The van der Waals surface area contributed by atoms with E-state index in [2.05, 4.69) is 20.7 Å². The van der Waals surface area contributed by atoms with E-state index in [-0.39, 0.29) is 20.8 Å². The molecular weight excluding hydrogens is 380 g/mol. The van der Waals surface area contributed by atoms with Gasteiger partial charge in [0.05, 0.1) is 10.0 Å². The summed E-state index contributed by atoms with van der Waals surface area (Å²) < 4.78 is 40.1. The lowest BCUT2D eigenvalue weighted by Crippen LogP contribution is -2.34. The Kier molecular flexibility index (Phi) is 6.07. The Bertz CT molecular complexity index is 566. The number of alkyl halides is 1. The number of hydrogen-bond donors (Lipinski definition) is 1. The molecule has 0 fully saturated rings. The molecule has 0 aliphatic heterocycles. The maximum absolute atomic E-state index is 13.5. The Labute approximate surface area is 130 Å². The van der Waals surface area contributed by atoms with Crippen molar-refractivity contribution < 1.29 is 12.8 Å². The largest absolute Gasteiger partial charge is 0.242 e. The molecule has 0 spiro atoms. The van der Waals surface area contributed by atoms with Crippen molar-refractivity contribution in [1.82, 2.24) is 4.72 Å². The zero-order chi connectivity index (χ0) is 14.8. The van der Waals surface area contributed by atoms with Crippen LogP contribution in [0.4, 0.5) is 4.39 Å². The standard InChI is InChI=1S/C11H13BrCl2FNO2S/c1-6(12)5-7(2)16-19(17,18)9-4-3-8(13)11(15)10(9)14/h3-4,6-7,16H,5H2,1-2H3. The second kappa shape index (κ2) is 6.72. The number of nitrogens with one attached hydrogen (secondary N) is 1. The summed E-state index contributed by atoms with van der Waals surface area (Å²) in [5.41, 5.74) is 0. The molecule has 0 heterocycles. The van der Waals surface area contributed by atoms with Crippen LogP contribution in [-0.4, -0.2) is 19.3 Å². The van der Waals surface area contributed by atoms with Gasteiger partial charge in [-0.15, -0.1) is 0 Å². The molecule has 8 heteroatoms. The molecule has 0 bridgehead atoms. The lowest BCUT2D eigenvalue weighted by molar-refractivity contribution is 0.546. The molecule has 0 radical (unpaired) electrons. The average Bonchev–Trinajstić information content (AvgIpc) is 2.23. The van der Waals surface area contributed by atoms with Gasteiger partial charge in [-0.25, -0.2) is 17.5 Å². The summed E-state index contributed by atoms with van der Waals surface area (Å²) in [7, 11) is -3.88. The van der Waals surface area contributed by atoms with Gasteiger partial charge in [-0.1, -0.05) is 46.1 Å². The van der Waals surface area contributed by atoms with Crippen molar-refractivity contribution in [2.45, 2.75) is 36.0 Å². The van der Waals surface area contributed by atoms with Crippen LogP contribution in [0, 0.1) is 5.82 Å². The van der Waals surface area contributed by atoms with Crippen molar-refractivity contribution >= 4 is 49.2 Å². The summed E-state index contributed by atoms with van der Waals surface area (Å²) in [6.07, 6.45) is 0.590. The first-order valence-electron chi connectivity index (χ1n) is 5.45. The number of rotatable bonds is 5. The Morgan fingerprint density at radius 3 is 2.47 bits per heavy atom. The Morgan fingerprint density at radius 1 is 1.37 bits per heavy atom. The Balaban J connectivity index is 3.05. The van der Waals surface area contributed by atoms with E-state index in [4.69, 9.17) is 23.2 Å². The van der Waals surface area contributed by atoms with Gasteiger partial charge in [0.15, 0.2) is 5.82 Å². The fourth-order valence-corrected chi connectivity index (χ4v) is 4.14. The predicted octanol–water partition coefficient (Wildman–Crippen LogP) is 3.97. The highest BCUT2D eigenvalue weighted by Crippen LogP contribution is 2.29. The number of hydrogen-bond acceptors (Lipinski definition) is 2. The quantitative estimate of drug-likeness (QED) is 0.608. The summed E-state index contributed by atoms with van der Waals surface area (Å²) in [4.78, 5) is -0.159. The van der Waals surface area contributed by atoms with Crippen molar-refractivity contribution in [3.8, 4) is 0 Å². The molecule has 1 N–H and O–H groups in total. The third-order valence-electron chi connectivity index (χ3n) is 2.32. The summed E-state index contributed by atoms with van der Waals surface area (Å²) >= 11 is 14.6. The van der Waals surface area contributed by atoms with Crippen molar-refractivity contribution in [3.63, 3.8) is 0 Å². The molecule has 0 saturated carbocycles. The summed E-state index contributed by atoms with van der Waals surface area (Å²) in [5, 5.41) is -0.717. The molecule has 19 heavy (non-hydrogen) atoms. The number of benzene rings is 1. The minimum absolute atomic E-state index is 0.155. The molecule has 0 saturated heterocycles. The van der Waals surface area contributed by atoms with Crippen molar-refractivity contribution in [2.75, 3.05) is 0 Å². The molecule has 1 aromatic rings. The second-order valence-electron chi connectivity index (χ2n) is 4.21. The van der Waals surface area contributed by atoms with Gasteiger partial charge in [0.25, 0.3) is 0 Å². The van der Waals surface area contributed by atoms with Crippen LogP contribution in [0.3, 0.4) is 0 Å². The highest BCUT2D eigenvalue weighted by molar-refractivity contribution is 9.09. The maximum Gasteiger partial charge on any atom is 0.242 e. The molecule has 3 nitrogen and oxygen atoms in total. The zero-order valence-corrected chi connectivity index (χ0v) is 14.2. The first kappa shape index (κ1) is 17.2. The van der Waals surface area contributed by atoms with Crippen LogP contribution in [0.1, 0.15) is 20.3 Å². The van der Waals surface area contributed by atoms with Crippen molar-refractivity contribution in [1.29, 1.82) is 0 Å². The minimum Gasteiger partial charge on any atom is -0.208 e.